The van der Waals surface area contributed by atoms with Crippen LogP contribution in [0.25, 0.3) is 0 Å². The Morgan fingerprint density at radius 3 is 2.23 bits per heavy atom. The molecular formula is C33H39Cl2N3O4S. The molecule has 0 aliphatic heterocycles. The minimum atomic E-state index is -3.59. The van der Waals surface area contributed by atoms with E-state index in [1.807, 2.05) is 43.3 Å². The summed E-state index contributed by atoms with van der Waals surface area (Å²) in [5.74, 6) is -0.499. The summed E-state index contributed by atoms with van der Waals surface area (Å²) in [6.45, 7) is 2.06. The van der Waals surface area contributed by atoms with Crippen molar-refractivity contribution in [2.45, 2.75) is 70.5 Å². The molecule has 0 heterocycles. The highest BCUT2D eigenvalue weighted by atomic mass is 35.5. The molecule has 1 aliphatic carbocycles. The normalized spacial score (nSPS) is 14.3. The maximum Gasteiger partial charge on any atom is 0.243 e. The lowest BCUT2D eigenvalue weighted by molar-refractivity contribution is -0.141. The summed E-state index contributed by atoms with van der Waals surface area (Å²) in [7, 11) is -3.59. The van der Waals surface area contributed by atoms with Crippen LogP contribution in [0.1, 0.15) is 55.2 Å². The molecule has 1 atom stereocenters. The lowest BCUT2D eigenvalue weighted by Crippen LogP contribution is -2.52. The number of aryl methyl sites for hydroxylation is 1. The van der Waals surface area contributed by atoms with E-state index in [0.717, 1.165) is 43.1 Å². The quantitative estimate of drug-likeness (QED) is 0.229. The van der Waals surface area contributed by atoms with E-state index in [9.17, 15) is 18.0 Å². The van der Waals surface area contributed by atoms with Crippen LogP contribution in [0.2, 0.25) is 10.0 Å². The number of carbonyl (C=O) groups is 2. The summed E-state index contributed by atoms with van der Waals surface area (Å²) in [6.07, 6.45) is 5.70. The van der Waals surface area contributed by atoms with Gasteiger partial charge in [-0.05, 0) is 61.6 Å². The highest BCUT2D eigenvalue weighted by Crippen LogP contribution is 2.28. The molecule has 10 heteroatoms. The predicted octanol–water partition coefficient (Wildman–Crippen LogP) is 6.55. The first kappa shape index (κ1) is 32.8. The number of hydrogen-bond acceptors (Lipinski definition) is 4. The van der Waals surface area contributed by atoms with Gasteiger partial charge in [-0.15, -0.1) is 0 Å². The van der Waals surface area contributed by atoms with Crippen molar-refractivity contribution in [2.24, 2.45) is 0 Å². The van der Waals surface area contributed by atoms with Gasteiger partial charge in [0.1, 0.15) is 6.04 Å². The number of rotatable bonds is 13. The van der Waals surface area contributed by atoms with E-state index < -0.39 is 16.1 Å². The standard InChI is InChI=1S/C33H39Cl2N3O4S/c1-24-11-8-16-27(21-24)38(43(2,41)42)20-10-19-32(39)37(23-28-29(34)17-9-18-30(28)35)31(22-25-12-4-3-5-13-25)33(40)36-26-14-6-7-15-26/h3-5,8-9,11-13,16-18,21,26,31H,6-7,10,14-15,19-20,22-23H2,1-2H3,(H,36,40)/t31-/m0/s1. The second-order valence-corrected chi connectivity index (χ2v) is 13.9. The highest BCUT2D eigenvalue weighted by molar-refractivity contribution is 7.92. The summed E-state index contributed by atoms with van der Waals surface area (Å²) in [6, 6.07) is 21.3. The van der Waals surface area contributed by atoms with Gasteiger partial charge < -0.3 is 10.2 Å². The molecule has 1 saturated carbocycles. The molecule has 4 rings (SSSR count). The van der Waals surface area contributed by atoms with Crippen molar-refractivity contribution in [3.8, 4) is 0 Å². The fraction of sp³-hybridized carbons (Fsp3) is 0.394. The van der Waals surface area contributed by atoms with E-state index in [-0.39, 0.29) is 43.8 Å². The molecule has 1 fully saturated rings. The summed E-state index contributed by atoms with van der Waals surface area (Å²) in [5.41, 5.74) is 2.96. The van der Waals surface area contributed by atoms with Crippen molar-refractivity contribution < 1.29 is 18.0 Å². The van der Waals surface area contributed by atoms with Crippen LogP contribution in [0.15, 0.2) is 72.8 Å². The lowest BCUT2D eigenvalue weighted by atomic mass is 10.0. The summed E-state index contributed by atoms with van der Waals surface area (Å²) in [5, 5.41) is 3.99. The second kappa shape index (κ2) is 15.1. The number of carbonyl (C=O) groups excluding carboxylic acids is 2. The molecular weight excluding hydrogens is 605 g/mol. The van der Waals surface area contributed by atoms with Gasteiger partial charge in [0, 0.05) is 47.6 Å². The zero-order valence-corrected chi connectivity index (χ0v) is 27.0. The third kappa shape index (κ3) is 9.21. The molecule has 0 unspecified atom stereocenters. The van der Waals surface area contributed by atoms with E-state index in [4.69, 9.17) is 23.2 Å². The average Bonchev–Trinajstić information content (AvgIpc) is 3.47. The van der Waals surface area contributed by atoms with E-state index >= 15 is 0 Å². The topological polar surface area (TPSA) is 86.8 Å². The van der Waals surface area contributed by atoms with Crippen LogP contribution in [-0.4, -0.2) is 50.0 Å². The molecule has 0 bridgehead atoms. The van der Waals surface area contributed by atoms with Crippen LogP contribution in [0.4, 0.5) is 5.69 Å². The third-order valence-electron chi connectivity index (χ3n) is 7.80. The number of sulfonamides is 1. The van der Waals surface area contributed by atoms with Gasteiger partial charge in [-0.2, -0.15) is 0 Å². The fourth-order valence-electron chi connectivity index (χ4n) is 5.56. The molecule has 1 aliphatic rings. The molecule has 3 aromatic carbocycles. The van der Waals surface area contributed by atoms with Crippen molar-refractivity contribution >= 4 is 50.7 Å². The van der Waals surface area contributed by atoms with Gasteiger partial charge in [0.05, 0.1) is 11.9 Å². The van der Waals surface area contributed by atoms with E-state index in [0.29, 0.717) is 27.7 Å². The van der Waals surface area contributed by atoms with Crippen molar-refractivity contribution in [2.75, 3.05) is 17.1 Å². The first-order valence-electron chi connectivity index (χ1n) is 14.6. The molecule has 0 aromatic heterocycles. The number of nitrogens with one attached hydrogen (secondary N) is 1. The van der Waals surface area contributed by atoms with Gasteiger partial charge in [0.15, 0.2) is 0 Å². The Kier molecular flexibility index (Phi) is 11.5. The van der Waals surface area contributed by atoms with E-state index in [1.54, 1.807) is 41.3 Å². The Bertz CT molecular complexity index is 1490. The van der Waals surface area contributed by atoms with Gasteiger partial charge in [-0.1, -0.05) is 84.6 Å². The number of anilines is 1. The van der Waals surface area contributed by atoms with Gasteiger partial charge in [-0.25, -0.2) is 8.42 Å². The van der Waals surface area contributed by atoms with Crippen LogP contribution < -0.4 is 9.62 Å². The van der Waals surface area contributed by atoms with Crippen molar-refractivity contribution in [1.29, 1.82) is 0 Å². The van der Waals surface area contributed by atoms with Gasteiger partial charge in [-0.3, -0.25) is 13.9 Å². The average molecular weight is 645 g/mol. The van der Waals surface area contributed by atoms with Gasteiger partial charge in [0.25, 0.3) is 0 Å². The largest absolute Gasteiger partial charge is 0.352 e. The van der Waals surface area contributed by atoms with Crippen LogP contribution in [0.3, 0.4) is 0 Å². The molecule has 0 saturated heterocycles. The minimum Gasteiger partial charge on any atom is -0.352 e. The SMILES string of the molecule is Cc1cccc(N(CCCC(=O)N(Cc2c(Cl)cccc2Cl)[C@@H](Cc2ccccc2)C(=O)NC2CCCC2)S(C)(=O)=O)c1. The van der Waals surface area contributed by atoms with Crippen LogP contribution in [0, 0.1) is 6.92 Å². The smallest absolute Gasteiger partial charge is 0.243 e. The van der Waals surface area contributed by atoms with Gasteiger partial charge in [0.2, 0.25) is 21.8 Å². The van der Waals surface area contributed by atoms with Crippen molar-refractivity contribution in [1.82, 2.24) is 10.2 Å². The van der Waals surface area contributed by atoms with E-state index in [1.165, 1.54) is 4.31 Å². The van der Waals surface area contributed by atoms with Gasteiger partial charge >= 0.3 is 0 Å². The van der Waals surface area contributed by atoms with Crippen molar-refractivity contribution in [3.63, 3.8) is 0 Å². The first-order chi connectivity index (χ1) is 20.5. The van der Waals surface area contributed by atoms with E-state index in [2.05, 4.69) is 5.32 Å². The van der Waals surface area contributed by atoms with Crippen LogP contribution in [-0.2, 0) is 32.6 Å². The zero-order valence-electron chi connectivity index (χ0n) is 24.6. The molecule has 3 aromatic rings. The molecule has 43 heavy (non-hydrogen) atoms. The Hall–Kier alpha value is -3.07. The van der Waals surface area contributed by atoms with Crippen LogP contribution in [0.5, 0.6) is 0 Å². The lowest BCUT2D eigenvalue weighted by Gasteiger charge is -2.33. The summed E-state index contributed by atoms with van der Waals surface area (Å²) in [4.78, 5) is 29.5. The molecule has 7 nitrogen and oxygen atoms in total. The summed E-state index contributed by atoms with van der Waals surface area (Å²) < 4.78 is 26.7. The maximum absolute atomic E-state index is 14.1. The Balaban J connectivity index is 1.62. The fourth-order valence-corrected chi connectivity index (χ4v) is 7.04. The maximum atomic E-state index is 14.1. The number of hydrogen-bond donors (Lipinski definition) is 1. The minimum absolute atomic E-state index is 0.0297. The summed E-state index contributed by atoms with van der Waals surface area (Å²) >= 11 is 13.1. The predicted molar refractivity (Wildman–Crippen MR) is 174 cm³/mol. The number of halogens is 2. The number of amides is 2. The number of nitrogens with zero attached hydrogens (tertiary/aromatic N) is 2. The Morgan fingerprint density at radius 1 is 0.953 bits per heavy atom. The second-order valence-electron chi connectivity index (χ2n) is 11.2. The zero-order chi connectivity index (χ0) is 31.0. The first-order valence-corrected chi connectivity index (χ1v) is 17.2. The monoisotopic (exact) mass is 643 g/mol. The molecule has 0 radical (unpaired) electrons. The molecule has 0 spiro atoms. The number of benzene rings is 3. The Labute approximate surface area is 265 Å². The Morgan fingerprint density at radius 2 is 1.60 bits per heavy atom. The molecule has 230 valence electrons. The van der Waals surface area contributed by atoms with Crippen LogP contribution >= 0.6 is 23.2 Å². The van der Waals surface area contributed by atoms with Crippen molar-refractivity contribution in [3.05, 3.63) is 99.5 Å². The molecule has 2 amide bonds. The molecule has 1 N–H and O–H groups in total. The highest BCUT2D eigenvalue weighted by Gasteiger charge is 2.33. The third-order valence-corrected chi connectivity index (χ3v) is 9.71.